The topological polar surface area (TPSA) is 73.6 Å². The lowest BCUT2D eigenvalue weighted by atomic mass is 10.1. The number of nitrogens with zero attached hydrogens (tertiary/aromatic N) is 1. The zero-order chi connectivity index (χ0) is 10.3. The van der Waals surface area contributed by atoms with Gasteiger partial charge in [-0.1, -0.05) is 0 Å². The SMILES string of the molecule is Cc1cncc2c(O)c(O)c(O)cc12. The van der Waals surface area contributed by atoms with Gasteiger partial charge in [-0.25, -0.2) is 0 Å². The fourth-order valence-electron chi connectivity index (χ4n) is 1.41. The Bertz CT molecular complexity index is 508. The van der Waals surface area contributed by atoms with Crippen molar-refractivity contribution in [3.63, 3.8) is 0 Å². The molecule has 3 N–H and O–H groups in total. The summed E-state index contributed by atoms with van der Waals surface area (Å²) in [4.78, 5) is 3.89. The largest absolute Gasteiger partial charge is 0.504 e. The summed E-state index contributed by atoms with van der Waals surface area (Å²) in [6.07, 6.45) is 3.06. The highest BCUT2D eigenvalue weighted by Gasteiger charge is 2.11. The lowest BCUT2D eigenvalue weighted by Gasteiger charge is -2.06. The van der Waals surface area contributed by atoms with Crippen molar-refractivity contribution in [2.45, 2.75) is 6.92 Å². The fraction of sp³-hybridized carbons (Fsp3) is 0.100. The number of benzene rings is 1. The van der Waals surface area contributed by atoms with Gasteiger partial charge in [0.25, 0.3) is 0 Å². The lowest BCUT2D eigenvalue weighted by Crippen LogP contribution is -1.83. The summed E-state index contributed by atoms with van der Waals surface area (Å²) in [5.41, 5.74) is 0.827. The highest BCUT2D eigenvalue weighted by molar-refractivity contribution is 5.93. The van der Waals surface area contributed by atoms with Crippen LogP contribution in [0, 0.1) is 6.92 Å². The summed E-state index contributed by atoms with van der Waals surface area (Å²) in [7, 11) is 0. The van der Waals surface area contributed by atoms with Crippen LogP contribution in [0.4, 0.5) is 0 Å². The summed E-state index contributed by atoms with van der Waals surface area (Å²) in [6.45, 7) is 1.81. The number of aryl methyl sites for hydroxylation is 1. The quantitative estimate of drug-likeness (QED) is 0.553. The minimum absolute atomic E-state index is 0.329. The smallest absolute Gasteiger partial charge is 0.201 e. The van der Waals surface area contributed by atoms with E-state index in [4.69, 9.17) is 0 Å². The first kappa shape index (κ1) is 8.62. The fourth-order valence-corrected chi connectivity index (χ4v) is 1.41. The van der Waals surface area contributed by atoms with Crippen molar-refractivity contribution in [3.8, 4) is 17.2 Å². The van der Waals surface area contributed by atoms with Crippen LogP contribution in [-0.4, -0.2) is 20.3 Å². The third-order valence-electron chi connectivity index (χ3n) is 2.19. The van der Waals surface area contributed by atoms with Gasteiger partial charge in [-0.05, 0) is 23.9 Å². The molecular weight excluding hydrogens is 182 g/mol. The van der Waals surface area contributed by atoms with E-state index < -0.39 is 5.75 Å². The molecule has 72 valence electrons. The zero-order valence-electron chi connectivity index (χ0n) is 7.52. The molecule has 1 aromatic carbocycles. The Morgan fingerprint density at radius 3 is 2.43 bits per heavy atom. The van der Waals surface area contributed by atoms with E-state index in [1.807, 2.05) is 6.92 Å². The minimum atomic E-state index is -0.509. The van der Waals surface area contributed by atoms with Crippen LogP contribution in [0.15, 0.2) is 18.5 Å². The summed E-state index contributed by atoms with van der Waals surface area (Å²) in [6, 6.07) is 1.40. The van der Waals surface area contributed by atoms with Crippen LogP contribution < -0.4 is 0 Å². The Morgan fingerprint density at radius 2 is 1.71 bits per heavy atom. The van der Waals surface area contributed by atoms with Crippen molar-refractivity contribution in [2.75, 3.05) is 0 Å². The molecule has 2 rings (SSSR count). The molecule has 0 aliphatic heterocycles. The lowest BCUT2D eigenvalue weighted by molar-refractivity contribution is 0.371. The van der Waals surface area contributed by atoms with Crippen LogP contribution in [0.5, 0.6) is 17.2 Å². The molecular formula is C10H9NO3. The van der Waals surface area contributed by atoms with E-state index in [9.17, 15) is 15.3 Å². The Hall–Kier alpha value is -1.97. The normalized spacial score (nSPS) is 10.6. The van der Waals surface area contributed by atoms with Crippen molar-refractivity contribution in [3.05, 3.63) is 24.0 Å². The van der Waals surface area contributed by atoms with Crippen LogP contribution >= 0.6 is 0 Å². The van der Waals surface area contributed by atoms with Crippen LogP contribution in [0.25, 0.3) is 10.8 Å². The van der Waals surface area contributed by atoms with Gasteiger partial charge in [-0.15, -0.1) is 0 Å². The predicted molar refractivity (Wildman–Crippen MR) is 51.5 cm³/mol. The highest BCUT2D eigenvalue weighted by Crippen LogP contribution is 2.41. The van der Waals surface area contributed by atoms with Gasteiger partial charge in [0, 0.05) is 17.8 Å². The Morgan fingerprint density at radius 1 is 1.00 bits per heavy atom. The molecule has 0 fully saturated rings. The standard InChI is InChI=1S/C10H9NO3/c1-5-3-11-4-7-6(5)2-8(12)10(14)9(7)13/h2-4,12-14H,1H3. The number of pyridine rings is 1. The maximum atomic E-state index is 9.51. The van der Waals surface area contributed by atoms with Crippen molar-refractivity contribution < 1.29 is 15.3 Å². The summed E-state index contributed by atoms with van der Waals surface area (Å²) in [5.74, 6) is -1.18. The molecule has 0 aliphatic carbocycles. The number of phenols is 3. The van der Waals surface area contributed by atoms with Gasteiger partial charge in [-0.3, -0.25) is 4.98 Å². The Balaban J connectivity index is 2.98. The van der Waals surface area contributed by atoms with Gasteiger partial charge in [0.2, 0.25) is 5.75 Å². The molecule has 0 saturated heterocycles. The second-order valence-electron chi connectivity index (χ2n) is 3.14. The van der Waals surface area contributed by atoms with Gasteiger partial charge < -0.3 is 15.3 Å². The maximum Gasteiger partial charge on any atom is 0.201 e. The molecule has 0 radical (unpaired) electrons. The minimum Gasteiger partial charge on any atom is -0.504 e. The number of aromatic hydroxyl groups is 3. The average molecular weight is 191 g/mol. The van der Waals surface area contributed by atoms with Crippen molar-refractivity contribution in [1.29, 1.82) is 0 Å². The zero-order valence-corrected chi connectivity index (χ0v) is 7.52. The summed E-state index contributed by atoms with van der Waals surface area (Å²) < 4.78 is 0. The van der Waals surface area contributed by atoms with Gasteiger partial charge in [-0.2, -0.15) is 0 Å². The van der Waals surface area contributed by atoms with Crippen LogP contribution in [-0.2, 0) is 0 Å². The van der Waals surface area contributed by atoms with Crippen molar-refractivity contribution >= 4 is 10.8 Å². The van der Waals surface area contributed by atoms with Crippen molar-refractivity contribution in [1.82, 2.24) is 4.98 Å². The van der Waals surface area contributed by atoms with E-state index in [1.165, 1.54) is 12.3 Å². The molecule has 0 amide bonds. The van der Waals surface area contributed by atoms with E-state index in [1.54, 1.807) is 6.20 Å². The van der Waals surface area contributed by atoms with E-state index in [0.29, 0.717) is 10.8 Å². The Kier molecular flexibility index (Phi) is 1.70. The van der Waals surface area contributed by atoms with Crippen LogP contribution in [0.1, 0.15) is 5.56 Å². The van der Waals surface area contributed by atoms with E-state index in [-0.39, 0.29) is 11.5 Å². The Labute approximate surface area is 80.1 Å². The molecule has 2 aromatic rings. The number of hydrogen-bond donors (Lipinski definition) is 3. The molecule has 14 heavy (non-hydrogen) atoms. The molecule has 0 saturated carbocycles. The third-order valence-corrected chi connectivity index (χ3v) is 2.19. The highest BCUT2D eigenvalue weighted by atomic mass is 16.3. The average Bonchev–Trinajstić information content (AvgIpc) is 2.17. The first-order chi connectivity index (χ1) is 6.61. The predicted octanol–water partition coefficient (Wildman–Crippen LogP) is 1.66. The first-order valence-electron chi connectivity index (χ1n) is 4.09. The molecule has 1 heterocycles. The van der Waals surface area contributed by atoms with Crippen LogP contribution in [0.3, 0.4) is 0 Å². The molecule has 4 nitrogen and oxygen atoms in total. The van der Waals surface area contributed by atoms with Gasteiger partial charge in [0.15, 0.2) is 11.5 Å². The third kappa shape index (κ3) is 1.04. The second-order valence-corrected chi connectivity index (χ2v) is 3.14. The monoisotopic (exact) mass is 191 g/mol. The summed E-state index contributed by atoms with van der Waals surface area (Å²) in [5, 5.41) is 29.2. The molecule has 4 heteroatoms. The number of hydrogen-bond acceptors (Lipinski definition) is 4. The number of fused-ring (bicyclic) bond motifs is 1. The maximum absolute atomic E-state index is 9.51. The molecule has 0 atom stereocenters. The van der Waals surface area contributed by atoms with Crippen molar-refractivity contribution in [2.24, 2.45) is 0 Å². The van der Waals surface area contributed by atoms with E-state index in [0.717, 1.165) is 5.56 Å². The molecule has 0 spiro atoms. The number of rotatable bonds is 0. The van der Waals surface area contributed by atoms with Gasteiger partial charge in [0.1, 0.15) is 0 Å². The number of phenolic OH excluding ortho intramolecular Hbond substituents is 3. The molecule has 1 aromatic heterocycles. The first-order valence-corrected chi connectivity index (χ1v) is 4.09. The van der Waals surface area contributed by atoms with E-state index in [2.05, 4.69) is 4.98 Å². The van der Waals surface area contributed by atoms with Crippen LogP contribution in [0.2, 0.25) is 0 Å². The molecule has 0 unspecified atom stereocenters. The molecule has 0 aliphatic rings. The molecule has 0 bridgehead atoms. The second kappa shape index (κ2) is 2.77. The van der Waals surface area contributed by atoms with Gasteiger partial charge in [0.05, 0.1) is 0 Å². The van der Waals surface area contributed by atoms with E-state index >= 15 is 0 Å². The van der Waals surface area contributed by atoms with Gasteiger partial charge >= 0.3 is 0 Å². The summed E-state index contributed by atoms with van der Waals surface area (Å²) >= 11 is 0. The number of aromatic nitrogens is 1.